The number of carbonyl (C=O) groups excluding carboxylic acids is 3. The molecular formula is C26H25ClO4. The van der Waals surface area contributed by atoms with Gasteiger partial charge in [-0.2, -0.15) is 0 Å². The van der Waals surface area contributed by atoms with E-state index in [-0.39, 0.29) is 34.7 Å². The molecule has 0 N–H and O–H groups in total. The van der Waals surface area contributed by atoms with Crippen molar-refractivity contribution < 1.29 is 19.1 Å². The van der Waals surface area contributed by atoms with Crippen LogP contribution in [0.5, 0.6) is 0 Å². The molecule has 0 spiro atoms. The Morgan fingerprint density at radius 3 is 1.97 bits per heavy atom. The van der Waals surface area contributed by atoms with Crippen molar-refractivity contribution in [3.63, 3.8) is 0 Å². The Kier molecular flexibility index (Phi) is 5.21. The maximum absolute atomic E-state index is 13.1. The van der Waals surface area contributed by atoms with Crippen LogP contribution < -0.4 is 0 Å². The molecule has 2 aromatic rings. The molecular weight excluding hydrogens is 412 g/mol. The Hall–Kier alpha value is -2.46. The number of carbonyl (C=O) groups is 3. The molecule has 0 unspecified atom stereocenters. The number of hydrogen-bond acceptors (Lipinski definition) is 4. The lowest BCUT2D eigenvalue weighted by Crippen LogP contribution is -2.51. The first kappa shape index (κ1) is 20.4. The van der Waals surface area contributed by atoms with Gasteiger partial charge >= 0.3 is 5.97 Å². The Morgan fingerprint density at radius 1 is 0.839 bits per heavy atom. The summed E-state index contributed by atoms with van der Waals surface area (Å²) in [5.41, 5.74) is 0.584. The Bertz CT molecular complexity index is 1000. The number of benzene rings is 2. The molecule has 0 saturated heterocycles. The number of esters is 1. The molecule has 4 aliphatic rings. The van der Waals surface area contributed by atoms with Crippen molar-refractivity contribution >= 4 is 29.1 Å². The molecule has 4 nitrogen and oxygen atoms in total. The minimum absolute atomic E-state index is 0.0569. The molecule has 0 aromatic heterocycles. The van der Waals surface area contributed by atoms with Crippen LogP contribution in [-0.2, 0) is 9.53 Å². The van der Waals surface area contributed by atoms with Crippen LogP contribution in [0.15, 0.2) is 48.5 Å². The van der Waals surface area contributed by atoms with Crippen LogP contribution in [0.2, 0.25) is 5.02 Å². The SMILES string of the molecule is O=C(OCC(=O)C12CC3CC(CC(C3)C1)C2)c1ccccc1C(=O)c1ccc(Cl)cc1. The summed E-state index contributed by atoms with van der Waals surface area (Å²) in [6.45, 7) is -0.214. The van der Waals surface area contributed by atoms with Gasteiger partial charge in [-0.1, -0.05) is 29.8 Å². The van der Waals surface area contributed by atoms with Gasteiger partial charge in [0.1, 0.15) is 0 Å². The molecule has 0 radical (unpaired) electrons. The molecule has 31 heavy (non-hydrogen) atoms. The molecule has 160 valence electrons. The monoisotopic (exact) mass is 436 g/mol. The Labute approximate surface area is 186 Å². The molecule has 0 aliphatic heterocycles. The number of hydrogen-bond donors (Lipinski definition) is 0. The number of rotatable bonds is 6. The van der Waals surface area contributed by atoms with Crippen LogP contribution in [-0.4, -0.2) is 24.1 Å². The number of ketones is 2. The van der Waals surface area contributed by atoms with E-state index < -0.39 is 5.97 Å². The quantitative estimate of drug-likeness (QED) is 0.442. The minimum Gasteiger partial charge on any atom is -0.454 e. The molecule has 0 heterocycles. The van der Waals surface area contributed by atoms with E-state index in [0.717, 1.165) is 19.3 Å². The highest BCUT2D eigenvalue weighted by Gasteiger charge is 2.54. The van der Waals surface area contributed by atoms with Gasteiger partial charge in [0, 0.05) is 21.6 Å². The van der Waals surface area contributed by atoms with Crippen LogP contribution in [0.25, 0.3) is 0 Å². The van der Waals surface area contributed by atoms with Crippen LogP contribution in [0.1, 0.15) is 64.8 Å². The van der Waals surface area contributed by atoms with Crippen molar-refractivity contribution in [1.29, 1.82) is 0 Å². The second-order valence-corrected chi connectivity index (χ2v) is 10.0. The van der Waals surface area contributed by atoms with Gasteiger partial charge in [-0.15, -0.1) is 0 Å². The van der Waals surface area contributed by atoms with E-state index in [9.17, 15) is 14.4 Å². The topological polar surface area (TPSA) is 60.4 Å². The summed E-state index contributed by atoms with van der Waals surface area (Å²) in [6, 6.07) is 13.1. The van der Waals surface area contributed by atoms with Crippen molar-refractivity contribution in [2.75, 3.05) is 6.61 Å². The minimum atomic E-state index is -0.629. The average molecular weight is 437 g/mol. The summed E-state index contributed by atoms with van der Waals surface area (Å²) in [4.78, 5) is 38.9. The van der Waals surface area contributed by atoms with Gasteiger partial charge in [0.05, 0.1) is 5.56 Å². The van der Waals surface area contributed by atoms with Gasteiger partial charge < -0.3 is 4.74 Å². The summed E-state index contributed by atoms with van der Waals surface area (Å²) in [7, 11) is 0. The highest BCUT2D eigenvalue weighted by Crippen LogP contribution is 2.60. The summed E-state index contributed by atoms with van der Waals surface area (Å²) in [5, 5.41) is 0.535. The van der Waals surface area contributed by atoms with Crippen molar-refractivity contribution in [2.24, 2.45) is 23.2 Å². The van der Waals surface area contributed by atoms with Crippen LogP contribution >= 0.6 is 11.6 Å². The molecule has 0 amide bonds. The highest BCUT2D eigenvalue weighted by molar-refractivity contribution is 6.30. The zero-order valence-electron chi connectivity index (χ0n) is 17.3. The lowest BCUT2D eigenvalue weighted by molar-refractivity contribution is -0.147. The predicted molar refractivity (Wildman–Crippen MR) is 117 cm³/mol. The van der Waals surface area contributed by atoms with E-state index in [0.29, 0.717) is 28.3 Å². The lowest BCUT2D eigenvalue weighted by atomic mass is 9.48. The summed E-state index contributed by atoms with van der Waals surface area (Å²) in [6.07, 6.45) is 6.61. The van der Waals surface area contributed by atoms with Crippen molar-refractivity contribution in [3.8, 4) is 0 Å². The first-order valence-corrected chi connectivity index (χ1v) is 11.4. The van der Waals surface area contributed by atoms with E-state index >= 15 is 0 Å². The van der Waals surface area contributed by atoms with E-state index in [1.54, 1.807) is 48.5 Å². The molecule has 4 aliphatic carbocycles. The summed E-state index contributed by atoms with van der Waals surface area (Å²) >= 11 is 5.91. The molecule has 4 fully saturated rings. The largest absolute Gasteiger partial charge is 0.454 e. The van der Waals surface area contributed by atoms with Gasteiger partial charge in [-0.25, -0.2) is 4.79 Å². The smallest absolute Gasteiger partial charge is 0.339 e. The predicted octanol–water partition coefficient (Wildman–Crippen LogP) is 5.51. The summed E-state index contributed by atoms with van der Waals surface area (Å²) in [5.74, 6) is 1.12. The molecule has 4 bridgehead atoms. The van der Waals surface area contributed by atoms with Gasteiger partial charge in [-0.3, -0.25) is 9.59 Å². The fourth-order valence-electron chi connectivity index (χ4n) is 6.43. The fraction of sp³-hybridized carbons (Fsp3) is 0.423. The number of halogens is 1. The van der Waals surface area contributed by atoms with Crippen LogP contribution in [0.4, 0.5) is 0 Å². The van der Waals surface area contributed by atoms with E-state index in [4.69, 9.17) is 16.3 Å². The van der Waals surface area contributed by atoms with Crippen molar-refractivity contribution in [1.82, 2.24) is 0 Å². The third kappa shape index (κ3) is 3.82. The third-order valence-electron chi connectivity index (χ3n) is 7.46. The highest BCUT2D eigenvalue weighted by atomic mass is 35.5. The normalized spacial score (nSPS) is 28.4. The fourth-order valence-corrected chi connectivity index (χ4v) is 6.56. The first-order valence-electron chi connectivity index (χ1n) is 11.0. The maximum atomic E-state index is 13.1. The standard InChI is InChI=1S/C26H25ClO4/c27-20-7-5-19(6-8-20)24(29)21-3-1-2-4-22(21)25(30)31-15-23(28)26-12-16-9-17(13-26)11-18(10-16)14-26/h1-8,16-18H,9-15H2. The average Bonchev–Trinajstić information content (AvgIpc) is 2.76. The van der Waals surface area contributed by atoms with Crippen LogP contribution in [0, 0.1) is 23.2 Å². The van der Waals surface area contributed by atoms with Crippen molar-refractivity contribution in [3.05, 3.63) is 70.2 Å². The lowest BCUT2D eigenvalue weighted by Gasteiger charge is -2.55. The second kappa shape index (κ2) is 7.90. The summed E-state index contributed by atoms with van der Waals surface area (Å²) < 4.78 is 5.46. The maximum Gasteiger partial charge on any atom is 0.339 e. The third-order valence-corrected chi connectivity index (χ3v) is 7.71. The van der Waals surface area contributed by atoms with Gasteiger partial charge in [0.2, 0.25) is 0 Å². The Morgan fingerprint density at radius 2 is 1.39 bits per heavy atom. The zero-order valence-corrected chi connectivity index (χ0v) is 18.1. The molecule has 4 saturated carbocycles. The zero-order chi connectivity index (χ0) is 21.6. The first-order chi connectivity index (χ1) is 14.9. The van der Waals surface area contributed by atoms with Crippen molar-refractivity contribution in [2.45, 2.75) is 38.5 Å². The van der Waals surface area contributed by atoms with Gasteiger partial charge in [-0.05, 0) is 86.6 Å². The number of Topliss-reactive ketones (excluding diaryl/α,β-unsaturated/α-hetero) is 1. The molecule has 0 atom stereocenters. The molecule has 6 rings (SSSR count). The second-order valence-electron chi connectivity index (χ2n) is 9.58. The van der Waals surface area contributed by atoms with E-state index in [2.05, 4.69) is 0 Å². The van der Waals surface area contributed by atoms with Gasteiger partial charge in [0.25, 0.3) is 0 Å². The Balaban J connectivity index is 1.30. The molecule has 2 aromatic carbocycles. The van der Waals surface area contributed by atoms with E-state index in [1.165, 1.54) is 19.3 Å². The molecule has 5 heteroatoms. The van der Waals surface area contributed by atoms with Crippen LogP contribution in [0.3, 0.4) is 0 Å². The number of ether oxygens (including phenoxy) is 1. The van der Waals surface area contributed by atoms with Gasteiger partial charge in [0.15, 0.2) is 18.2 Å². The van der Waals surface area contributed by atoms with E-state index in [1.807, 2.05) is 0 Å².